The molecule has 0 aromatic heterocycles. The Morgan fingerprint density at radius 1 is 1.39 bits per heavy atom. The summed E-state index contributed by atoms with van der Waals surface area (Å²) in [4.78, 5) is 16.3. The van der Waals surface area contributed by atoms with Crippen molar-refractivity contribution in [3.05, 3.63) is 0 Å². The van der Waals surface area contributed by atoms with Crippen molar-refractivity contribution in [1.82, 2.24) is 9.80 Å². The summed E-state index contributed by atoms with van der Waals surface area (Å²) in [5.74, 6) is 3.08. The minimum atomic E-state index is 0.140. The van der Waals surface area contributed by atoms with Crippen molar-refractivity contribution < 1.29 is 4.79 Å². The monoisotopic (exact) mass is 248 g/mol. The predicted octanol–water partition coefficient (Wildman–Crippen LogP) is 1.73. The third-order valence-electron chi connectivity index (χ3n) is 4.33. The zero-order valence-corrected chi connectivity index (χ0v) is 11.4. The van der Waals surface area contributed by atoms with Crippen molar-refractivity contribution >= 4 is 5.91 Å². The second-order valence-corrected chi connectivity index (χ2v) is 5.50. The van der Waals surface area contributed by atoms with Gasteiger partial charge in [-0.15, -0.1) is 12.3 Å². The SMILES string of the molecule is C#CC1CC(=O)N(CCN2CCCCC2CC)C1. The lowest BCUT2D eigenvalue weighted by atomic mass is 10.0. The van der Waals surface area contributed by atoms with Crippen molar-refractivity contribution in [2.45, 2.75) is 45.1 Å². The molecule has 2 fully saturated rings. The number of terminal acetylenes is 1. The Morgan fingerprint density at radius 2 is 2.22 bits per heavy atom. The number of amides is 1. The third kappa shape index (κ3) is 3.05. The second-order valence-electron chi connectivity index (χ2n) is 5.50. The van der Waals surface area contributed by atoms with Gasteiger partial charge in [0.05, 0.1) is 0 Å². The van der Waals surface area contributed by atoms with E-state index in [1.54, 1.807) is 0 Å². The molecule has 2 unspecified atom stereocenters. The highest BCUT2D eigenvalue weighted by molar-refractivity contribution is 5.79. The van der Waals surface area contributed by atoms with Gasteiger partial charge in [-0.05, 0) is 25.8 Å². The first kappa shape index (κ1) is 13.4. The van der Waals surface area contributed by atoms with E-state index in [-0.39, 0.29) is 11.8 Å². The molecule has 2 atom stereocenters. The van der Waals surface area contributed by atoms with Gasteiger partial charge in [0.2, 0.25) is 5.91 Å². The van der Waals surface area contributed by atoms with Crippen LogP contribution in [0, 0.1) is 18.3 Å². The van der Waals surface area contributed by atoms with E-state index in [4.69, 9.17) is 6.42 Å². The summed E-state index contributed by atoms with van der Waals surface area (Å²) < 4.78 is 0. The summed E-state index contributed by atoms with van der Waals surface area (Å²) in [7, 11) is 0. The molecule has 1 amide bonds. The molecule has 2 aliphatic rings. The van der Waals surface area contributed by atoms with E-state index in [2.05, 4.69) is 17.7 Å². The molecule has 3 nitrogen and oxygen atoms in total. The standard InChI is InChI=1S/C15H24N2O/c1-3-13-11-15(18)17(12-13)10-9-16-8-6-5-7-14(16)4-2/h1,13-14H,4-12H2,2H3. The number of nitrogens with zero attached hydrogens (tertiary/aromatic N) is 2. The van der Waals surface area contributed by atoms with Gasteiger partial charge in [-0.1, -0.05) is 13.3 Å². The summed E-state index contributed by atoms with van der Waals surface area (Å²) in [6.45, 7) is 6.09. The van der Waals surface area contributed by atoms with Crippen molar-refractivity contribution in [3.8, 4) is 12.3 Å². The summed E-state index contributed by atoms with van der Waals surface area (Å²) in [6.07, 6.45) is 11.2. The average molecular weight is 248 g/mol. The fraction of sp³-hybridized carbons (Fsp3) is 0.800. The second kappa shape index (κ2) is 6.24. The van der Waals surface area contributed by atoms with Crippen LogP contribution < -0.4 is 0 Å². The van der Waals surface area contributed by atoms with Crippen LogP contribution in [0.5, 0.6) is 0 Å². The molecule has 18 heavy (non-hydrogen) atoms. The predicted molar refractivity (Wildman–Crippen MR) is 73.0 cm³/mol. The Kier molecular flexibility index (Phi) is 4.66. The molecule has 0 aliphatic carbocycles. The number of hydrogen-bond acceptors (Lipinski definition) is 2. The van der Waals surface area contributed by atoms with Crippen molar-refractivity contribution in [1.29, 1.82) is 0 Å². The lowest BCUT2D eigenvalue weighted by Gasteiger charge is -2.36. The first-order valence-corrected chi connectivity index (χ1v) is 7.22. The summed E-state index contributed by atoms with van der Waals surface area (Å²) >= 11 is 0. The zero-order valence-electron chi connectivity index (χ0n) is 11.4. The number of piperidine rings is 1. The molecular formula is C15H24N2O. The van der Waals surface area contributed by atoms with E-state index in [0.29, 0.717) is 6.42 Å². The molecule has 2 rings (SSSR count). The van der Waals surface area contributed by atoms with E-state index in [0.717, 1.165) is 25.7 Å². The van der Waals surface area contributed by atoms with Gasteiger partial charge in [-0.3, -0.25) is 9.69 Å². The Bertz CT molecular complexity index is 334. The van der Waals surface area contributed by atoms with E-state index < -0.39 is 0 Å². The van der Waals surface area contributed by atoms with Crippen LogP contribution >= 0.6 is 0 Å². The molecule has 2 heterocycles. The highest BCUT2D eigenvalue weighted by atomic mass is 16.2. The fourth-order valence-corrected chi connectivity index (χ4v) is 3.17. The van der Waals surface area contributed by atoms with E-state index in [1.807, 2.05) is 4.90 Å². The minimum absolute atomic E-state index is 0.140. The van der Waals surface area contributed by atoms with E-state index in [9.17, 15) is 4.79 Å². The Labute approximate surface area is 111 Å². The van der Waals surface area contributed by atoms with Crippen molar-refractivity contribution in [2.75, 3.05) is 26.2 Å². The lowest BCUT2D eigenvalue weighted by molar-refractivity contribution is -0.128. The quantitative estimate of drug-likeness (QED) is 0.707. The van der Waals surface area contributed by atoms with Gasteiger partial charge in [-0.25, -0.2) is 0 Å². The molecule has 0 N–H and O–H groups in total. The van der Waals surface area contributed by atoms with Gasteiger partial charge in [0.25, 0.3) is 0 Å². The van der Waals surface area contributed by atoms with E-state index >= 15 is 0 Å². The molecule has 0 aromatic rings. The molecule has 0 saturated carbocycles. The van der Waals surface area contributed by atoms with Crippen molar-refractivity contribution in [3.63, 3.8) is 0 Å². The topological polar surface area (TPSA) is 23.6 Å². The largest absolute Gasteiger partial charge is 0.340 e. The number of rotatable bonds is 4. The maximum absolute atomic E-state index is 11.8. The number of carbonyl (C=O) groups excluding carboxylic acids is 1. The maximum Gasteiger partial charge on any atom is 0.223 e. The Hall–Kier alpha value is -1.01. The van der Waals surface area contributed by atoms with Crippen LogP contribution in [0.15, 0.2) is 0 Å². The van der Waals surface area contributed by atoms with Crippen LogP contribution in [0.2, 0.25) is 0 Å². The normalized spacial score (nSPS) is 29.6. The molecule has 3 heteroatoms. The first-order valence-electron chi connectivity index (χ1n) is 7.22. The molecule has 2 aliphatic heterocycles. The lowest BCUT2D eigenvalue weighted by Crippen LogP contribution is -2.44. The molecule has 0 radical (unpaired) electrons. The smallest absolute Gasteiger partial charge is 0.223 e. The molecule has 0 bridgehead atoms. The highest BCUT2D eigenvalue weighted by Crippen LogP contribution is 2.20. The van der Waals surface area contributed by atoms with Crippen LogP contribution in [0.1, 0.15) is 39.0 Å². The summed E-state index contributed by atoms with van der Waals surface area (Å²) in [6, 6.07) is 0.722. The number of hydrogen-bond donors (Lipinski definition) is 0. The average Bonchev–Trinajstić information content (AvgIpc) is 2.77. The Morgan fingerprint density at radius 3 is 2.89 bits per heavy atom. The third-order valence-corrected chi connectivity index (χ3v) is 4.33. The molecule has 0 aromatic carbocycles. The zero-order chi connectivity index (χ0) is 13.0. The Balaban J connectivity index is 1.80. The van der Waals surface area contributed by atoms with Crippen molar-refractivity contribution in [2.24, 2.45) is 5.92 Å². The summed E-state index contributed by atoms with van der Waals surface area (Å²) in [5.41, 5.74) is 0. The van der Waals surface area contributed by atoms with Gasteiger partial charge in [0, 0.05) is 38.0 Å². The number of likely N-dealkylation sites (tertiary alicyclic amines) is 2. The molecule has 0 spiro atoms. The molecule has 100 valence electrons. The van der Waals surface area contributed by atoms with Crippen LogP contribution in [0.25, 0.3) is 0 Å². The summed E-state index contributed by atoms with van der Waals surface area (Å²) in [5, 5.41) is 0. The van der Waals surface area contributed by atoms with Gasteiger partial charge in [-0.2, -0.15) is 0 Å². The van der Waals surface area contributed by atoms with Gasteiger partial charge in [0.1, 0.15) is 0 Å². The fourth-order valence-electron chi connectivity index (χ4n) is 3.17. The maximum atomic E-state index is 11.8. The van der Waals surface area contributed by atoms with Crippen LogP contribution in [-0.4, -0.2) is 47.9 Å². The molecule has 2 saturated heterocycles. The van der Waals surface area contributed by atoms with Crippen LogP contribution in [0.3, 0.4) is 0 Å². The van der Waals surface area contributed by atoms with Gasteiger partial charge < -0.3 is 4.90 Å². The van der Waals surface area contributed by atoms with Gasteiger partial charge in [0.15, 0.2) is 0 Å². The first-order chi connectivity index (χ1) is 8.74. The van der Waals surface area contributed by atoms with Crippen LogP contribution in [-0.2, 0) is 4.79 Å². The number of carbonyl (C=O) groups is 1. The van der Waals surface area contributed by atoms with Crippen LogP contribution in [0.4, 0.5) is 0 Å². The van der Waals surface area contributed by atoms with Gasteiger partial charge >= 0.3 is 0 Å². The minimum Gasteiger partial charge on any atom is -0.340 e. The van der Waals surface area contributed by atoms with E-state index in [1.165, 1.54) is 32.2 Å². The highest BCUT2D eigenvalue weighted by Gasteiger charge is 2.29. The molecular weight excluding hydrogens is 224 g/mol.